The number of nitrogens with one attached hydrogen (secondary N) is 1. The summed E-state index contributed by atoms with van der Waals surface area (Å²) in [6, 6.07) is 6.80. The number of hydrogen-bond donors (Lipinski definition) is 1. The Labute approximate surface area is 216 Å². The molecule has 1 aliphatic heterocycles. The molecule has 1 N–H and O–H groups in total. The summed E-state index contributed by atoms with van der Waals surface area (Å²) in [5, 5.41) is 12.3. The number of nitrogens with zero attached hydrogens (tertiary/aromatic N) is 6. The van der Waals surface area contributed by atoms with Gasteiger partial charge in [-0.15, -0.1) is 11.8 Å². The maximum atomic E-state index is 13.2. The highest BCUT2D eigenvalue weighted by Crippen LogP contribution is 2.37. The van der Waals surface area contributed by atoms with Crippen LogP contribution in [-0.4, -0.2) is 61.1 Å². The third kappa shape index (κ3) is 5.68. The van der Waals surface area contributed by atoms with Gasteiger partial charge in [0.25, 0.3) is 0 Å². The van der Waals surface area contributed by atoms with Crippen molar-refractivity contribution in [3.05, 3.63) is 54.6 Å². The Balaban J connectivity index is 1.49. The van der Waals surface area contributed by atoms with Gasteiger partial charge in [-0.3, -0.25) is 9.48 Å². The fourth-order valence-corrected chi connectivity index (χ4v) is 4.86. The van der Waals surface area contributed by atoms with Crippen molar-refractivity contribution in [1.82, 2.24) is 29.3 Å². The van der Waals surface area contributed by atoms with Gasteiger partial charge < -0.3 is 15.0 Å². The summed E-state index contributed by atoms with van der Waals surface area (Å²) in [7, 11) is 0. The van der Waals surface area contributed by atoms with Gasteiger partial charge in [-0.05, 0) is 49.8 Å². The van der Waals surface area contributed by atoms with Crippen molar-refractivity contribution in [2.75, 3.05) is 24.7 Å². The first-order valence-corrected chi connectivity index (χ1v) is 13.2. The van der Waals surface area contributed by atoms with E-state index in [1.165, 1.54) is 17.8 Å². The second-order valence-electron chi connectivity index (χ2n) is 8.68. The number of alkyl halides is 2. The second kappa shape index (κ2) is 11.2. The van der Waals surface area contributed by atoms with E-state index in [9.17, 15) is 13.6 Å². The van der Waals surface area contributed by atoms with Crippen LogP contribution in [0.4, 0.5) is 14.5 Å². The topological polar surface area (TPSA) is 89.6 Å². The quantitative estimate of drug-likeness (QED) is 0.320. The molecule has 194 valence electrons. The first-order valence-electron chi connectivity index (χ1n) is 12.0. The van der Waals surface area contributed by atoms with Crippen molar-refractivity contribution >= 4 is 29.0 Å². The number of carbonyl (C=O) groups excluding carboxylic acids is 1. The Bertz CT molecular complexity index is 1380. The number of ether oxygens (including phenoxy) is 1. The summed E-state index contributed by atoms with van der Waals surface area (Å²) in [5.74, 6) is -0.00449. The van der Waals surface area contributed by atoms with Crippen LogP contribution in [0.15, 0.2) is 53.9 Å². The molecule has 1 fully saturated rings. The van der Waals surface area contributed by atoms with Crippen LogP contribution in [0.5, 0.6) is 5.75 Å². The number of amides is 1. The summed E-state index contributed by atoms with van der Waals surface area (Å²) < 4.78 is 34.5. The lowest BCUT2D eigenvalue weighted by Gasteiger charge is -2.26. The smallest absolute Gasteiger partial charge is 0.387 e. The first-order chi connectivity index (χ1) is 18.0. The third-order valence-electron chi connectivity index (χ3n) is 6.25. The molecule has 0 saturated carbocycles. The Hall–Kier alpha value is -3.67. The van der Waals surface area contributed by atoms with Crippen LogP contribution < -0.4 is 10.1 Å². The molecule has 4 aromatic rings. The molecule has 0 spiro atoms. The number of anilines is 1. The zero-order chi connectivity index (χ0) is 25.8. The monoisotopic (exact) mass is 527 g/mol. The number of fused-ring (bicyclic) bond motifs is 1. The zero-order valence-corrected chi connectivity index (χ0v) is 21.1. The summed E-state index contributed by atoms with van der Waals surface area (Å²) in [6.07, 6.45) is 12.0. The molecule has 37 heavy (non-hydrogen) atoms. The molecule has 9 nitrogen and oxygen atoms in total. The highest BCUT2D eigenvalue weighted by atomic mass is 32.2. The number of benzene rings is 1. The number of likely N-dealkylation sites (tertiary alicyclic amines) is 1. The lowest BCUT2D eigenvalue weighted by Crippen LogP contribution is -2.37. The van der Waals surface area contributed by atoms with Gasteiger partial charge >= 0.3 is 6.61 Å². The average molecular weight is 528 g/mol. The Kier molecular flexibility index (Phi) is 7.54. The predicted molar refractivity (Wildman–Crippen MR) is 137 cm³/mol. The molecular formula is C25H27F2N7O2S. The molecule has 1 amide bonds. The highest BCUT2D eigenvalue weighted by molar-refractivity contribution is 7.98. The van der Waals surface area contributed by atoms with Crippen LogP contribution in [0.25, 0.3) is 16.9 Å². The van der Waals surface area contributed by atoms with Gasteiger partial charge in [0.05, 0.1) is 11.9 Å². The number of piperidine rings is 1. The fourth-order valence-electron chi connectivity index (χ4n) is 4.42. The van der Waals surface area contributed by atoms with E-state index in [-0.39, 0.29) is 18.2 Å². The van der Waals surface area contributed by atoms with Crippen molar-refractivity contribution in [1.29, 1.82) is 0 Å². The Morgan fingerprint density at radius 2 is 2.08 bits per heavy atom. The minimum atomic E-state index is -2.98. The SMILES string of the molecule is CSc1ccc(OC(F)F)c(-c2nn(CC(=O)N3CCCCC3)cc2NCc2cnn3cccnc23)c1. The van der Waals surface area contributed by atoms with Gasteiger partial charge in [0.1, 0.15) is 18.0 Å². The summed E-state index contributed by atoms with van der Waals surface area (Å²) in [6.45, 7) is -1.08. The molecule has 0 aliphatic carbocycles. The second-order valence-corrected chi connectivity index (χ2v) is 9.56. The van der Waals surface area contributed by atoms with E-state index in [0.717, 1.165) is 42.8 Å². The standard InChI is InChI=1S/C25H27F2N7O2S/c1-37-18-6-7-21(36-25(26)27)19(12-18)23-20(29-13-17-14-30-34-11-5-8-28-24(17)34)15-33(31-23)16-22(35)32-9-3-2-4-10-32/h5-8,11-12,14-15,25,29H,2-4,9-10,13,16H2,1H3. The zero-order valence-electron chi connectivity index (χ0n) is 20.3. The molecule has 0 unspecified atom stereocenters. The van der Waals surface area contributed by atoms with E-state index < -0.39 is 6.61 Å². The number of thioether (sulfide) groups is 1. The van der Waals surface area contributed by atoms with E-state index in [0.29, 0.717) is 29.1 Å². The van der Waals surface area contributed by atoms with Crippen LogP contribution in [0.2, 0.25) is 0 Å². The molecule has 0 bridgehead atoms. The molecule has 4 heterocycles. The number of carbonyl (C=O) groups is 1. The molecule has 0 radical (unpaired) electrons. The van der Waals surface area contributed by atoms with Gasteiger partial charge in [0.15, 0.2) is 5.65 Å². The van der Waals surface area contributed by atoms with Crippen LogP contribution >= 0.6 is 11.8 Å². The molecule has 12 heteroatoms. The van der Waals surface area contributed by atoms with Crippen molar-refractivity contribution in [3.63, 3.8) is 0 Å². The average Bonchev–Trinajstić information content (AvgIpc) is 3.51. The summed E-state index contributed by atoms with van der Waals surface area (Å²) in [4.78, 5) is 20.0. The largest absolute Gasteiger partial charge is 0.434 e. The minimum Gasteiger partial charge on any atom is -0.434 e. The van der Waals surface area contributed by atoms with E-state index in [2.05, 4.69) is 20.5 Å². The van der Waals surface area contributed by atoms with Crippen molar-refractivity contribution in [2.45, 2.75) is 43.9 Å². The van der Waals surface area contributed by atoms with Gasteiger partial charge in [-0.25, -0.2) is 9.50 Å². The lowest BCUT2D eigenvalue weighted by molar-refractivity contribution is -0.132. The van der Waals surface area contributed by atoms with Crippen LogP contribution in [0.3, 0.4) is 0 Å². The van der Waals surface area contributed by atoms with Crippen molar-refractivity contribution in [3.8, 4) is 17.0 Å². The van der Waals surface area contributed by atoms with Crippen LogP contribution in [0, 0.1) is 0 Å². The molecule has 0 atom stereocenters. The van der Waals surface area contributed by atoms with E-state index in [4.69, 9.17) is 4.74 Å². The number of rotatable bonds is 9. The van der Waals surface area contributed by atoms with Crippen LogP contribution in [-0.2, 0) is 17.9 Å². The normalized spacial score (nSPS) is 13.9. The molecule has 1 saturated heterocycles. The number of halogens is 2. The maximum Gasteiger partial charge on any atom is 0.387 e. The van der Waals surface area contributed by atoms with Gasteiger partial charge in [0.2, 0.25) is 5.91 Å². The number of aromatic nitrogens is 5. The Morgan fingerprint density at radius 1 is 1.24 bits per heavy atom. The van der Waals surface area contributed by atoms with Crippen LogP contribution in [0.1, 0.15) is 24.8 Å². The van der Waals surface area contributed by atoms with Gasteiger partial charge in [-0.1, -0.05) is 0 Å². The summed E-state index contributed by atoms with van der Waals surface area (Å²) >= 11 is 1.48. The summed E-state index contributed by atoms with van der Waals surface area (Å²) in [5.41, 5.74) is 2.97. The number of hydrogen-bond acceptors (Lipinski definition) is 7. The van der Waals surface area contributed by atoms with Crippen molar-refractivity contribution < 1.29 is 18.3 Å². The van der Waals surface area contributed by atoms with E-state index >= 15 is 0 Å². The maximum absolute atomic E-state index is 13.2. The predicted octanol–water partition coefficient (Wildman–Crippen LogP) is 4.54. The lowest BCUT2D eigenvalue weighted by atomic mass is 10.1. The van der Waals surface area contributed by atoms with E-state index in [1.807, 2.05) is 17.4 Å². The molecule has 1 aromatic carbocycles. The third-order valence-corrected chi connectivity index (χ3v) is 6.97. The van der Waals surface area contributed by atoms with Crippen molar-refractivity contribution in [2.24, 2.45) is 0 Å². The Morgan fingerprint density at radius 3 is 2.86 bits per heavy atom. The fraction of sp³-hybridized carbons (Fsp3) is 0.360. The first kappa shape index (κ1) is 25.0. The van der Waals surface area contributed by atoms with Gasteiger partial charge in [-0.2, -0.15) is 19.0 Å². The minimum absolute atomic E-state index is 0.0149. The van der Waals surface area contributed by atoms with Gasteiger partial charge in [0, 0.05) is 54.2 Å². The molecule has 1 aliphatic rings. The molecule has 3 aromatic heterocycles. The molecular weight excluding hydrogens is 500 g/mol. The van der Waals surface area contributed by atoms with E-state index in [1.54, 1.807) is 46.0 Å². The highest BCUT2D eigenvalue weighted by Gasteiger charge is 2.22. The molecule has 5 rings (SSSR count).